The summed E-state index contributed by atoms with van der Waals surface area (Å²) in [6, 6.07) is 10.2. The minimum atomic E-state index is -0.357. The molecule has 3 saturated heterocycles. The van der Waals surface area contributed by atoms with E-state index < -0.39 is 0 Å². The van der Waals surface area contributed by atoms with Crippen LogP contribution in [0.15, 0.2) is 40.8 Å². The number of piperidine rings is 3. The fourth-order valence-corrected chi connectivity index (χ4v) is 4.03. The Bertz CT molecular complexity index is 747. The lowest BCUT2D eigenvalue weighted by atomic mass is 9.79. The molecular weight excluding hydrogens is 306 g/mol. The average molecular weight is 327 g/mol. The molecule has 2 aromatic rings. The van der Waals surface area contributed by atoms with Gasteiger partial charge in [-0.15, -0.1) is 0 Å². The number of fused-ring (bicyclic) bond motifs is 3. The molecule has 1 N–H and O–H groups in total. The zero-order valence-corrected chi connectivity index (χ0v) is 13.7. The van der Waals surface area contributed by atoms with Crippen LogP contribution in [0.3, 0.4) is 0 Å². The van der Waals surface area contributed by atoms with E-state index in [4.69, 9.17) is 4.42 Å². The molecule has 3 aliphatic rings. The lowest BCUT2D eigenvalue weighted by Gasteiger charge is -2.49. The van der Waals surface area contributed by atoms with Crippen LogP contribution in [0.25, 0.3) is 11.3 Å². The van der Waals surface area contributed by atoms with Crippen molar-refractivity contribution in [2.45, 2.75) is 31.8 Å². The molecule has 2 atom stereocenters. The summed E-state index contributed by atoms with van der Waals surface area (Å²) < 4.78 is 19.4. The van der Waals surface area contributed by atoms with E-state index in [1.807, 2.05) is 0 Å². The summed E-state index contributed by atoms with van der Waals surface area (Å²) in [4.78, 5) is 15.0. The molecule has 2 bridgehead atoms. The summed E-state index contributed by atoms with van der Waals surface area (Å²) in [5, 5.41) is 3.13. The van der Waals surface area contributed by atoms with E-state index in [-0.39, 0.29) is 23.5 Å². The number of carbonyl (C=O) groups is 1. The topological polar surface area (TPSA) is 45.5 Å². The summed E-state index contributed by atoms with van der Waals surface area (Å²) in [5.41, 5.74) is 0.368. The van der Waals surface area contributed by atoms with Crippen molar-refractivity contribution in [3.8, 4) is 11.3 Å². The van der Waals surface area contributed by atoms with Gasteiger partial charge < -0.3 is 9.73 Å². The monoisotopic (exact) mass is 327 g/mol. The van der Waals surface area contributed by atoms with Crippen molar-refractivity contribution in [3.05, 3.63) is 48.0 Å². The number of benzene rings is 1. The maximum atomic E-state index is 13.8. The van der Waals surface area contributed by atoms with E-state index in [1.165, 1.54) is 6.07 Å². The van der Waals surface area contributed by atoms with E-state index in [0.717, 1.165) is 25.9 Å². The Kier molecular flexibility index (Phi) is 3.88. The second kappa shape index (κ2) is 6.06. The first kappa shape index (κ1) is 15.4. The summed E-state index contributed by atoms with van der Waals surface area (Å²) in [6.07, 6.45) is 2.27. The summed E-state index contributed by atoms with van der Waals surface area (Å²) >= 11 is 0. The van der Waals surface area contributed by atoms with Gasteiger partial charge in [0.15, 0.2) is 5.76 Å². The molecule has 0 saturated carbocycles. The number of carbonyl (C=O) groups excluding carboxylic acids is 1. The van der Waals surface area contributed by atoms with Gasteiger partial charge in [-0.05, 0) is 63.0 Å². The van der Waals surface area contributed by atoms with Gasteiger partial charge in [-0.3, -0.25) is 9.69 Å². The van der Waals surface area contributed by atoms with Crippen molar-refractivity contribution >= 4 is 5.91 Å². The van der Waals surface area contributed by atoms with E-state index in [1.54, 1.807) is 30.3 Å². The molecule has 0 radical (unpaired) electrons. The van der Waals surface area contributed by atoms with Gasteiger partial charge >= 0.3 is 0 Å². The normalized spacial score (nSPS) is 28.8. The maximum Gasteiger partial charge on any atom is 0.287 e. The molecule has 24 heavy (non-hydrogen) atoms. The van der Waals surface area contributed by atoms with Crippen molar-refractivity contribution < 1.29 is 13.6 Å². The zero-order valence-electron chi connectivity index (χ0n) is 13.7. The highest BCUT2D eigenvalue weighted by atomic mass is 18.2. The molecule has 1 amide bonds. The van der Waals surface area contributed by atoms with Crippen molar-refractivity contribution in [2.75, 3.05) is 13.1 Å². The molecule has 3 aliphatic heterocycles. The Balaban J connectivity index is 1.51. The standard InChI is InChI=1S/C19H21FN2O2/c1-12-18(13-8-10-22(12)11-9-13)21-19(23)17-7-6-16(24-17)14-4-2-3-5-15(14)20/h2-7,12-13,18H,8-11H2,1H3,(H,21,23)/t12-,18-/m0/s1/i20-1. The van der Waals surface area contributed by atoms with Gasteiger partial charge in [0.1, 0.15) is 11.6 Å². The Labute approximate surface area is 140 Å². The molecule has 0 unspecified atom stereocenters. The maximum absolute atomic E-state index is 13.8. The van der Waals surface area contributed by atoms with Crippen LogP contribution in [0.2, 0.25) is 0 Å². The molecule has 0 aliphatic carbocycles. The second-order valence-electron chi connectivity index (χ2n) is 6.76. The first-order chi connectivity index (χ1) is 11.6. The van der Waals surface area contributed by atoms with Crippen molar-refractivity contribution in [3.63, 3.8) is 0 Å². The Morgan fingerprint density at radius 3 is 2.67 bits per heavy atom. The minimum absolute atomic E-state index is 0.155. The molecule has 1 aromatic heterocycles. The molecule has 5 rings (SSSR count). The third kappa shape index (κ3) is 2.63. The first-order valence-corrected chi connectivity index (χ1v) is 8.53. The third-order valence-electron chi connectivity index (χ3n) is 5.44. The fourth-order valence-electron chi connectivity index (χ4n) is 4.03. The highest BCUT2D eigenvalue weighted by Gasteiger charge is 2.40. The molecule has 1 aromatic carbocycles. The highest BCUT2D eigenvalue weighted by Crippen LogP contribution is 2.32. The van der Waals surface area contributed by atoms with Crippen LogP contribution in [-0.2, 0) is 0 Å². The Hall–Kier alpha value is -2.14. The van der Waals surface area contributed by atoms with E-state index in [2.05, 4.69) is 17.1 Å². The molecule has 126 valence electrons. The number of rotatable bonds is 3. The number of hydrogen-bond acceptors (Lipinski definition) is 3. The molecule has 0 spiro atoms. The van der Waals surface area contributed by atoms with E-state index in [0.29, 0.717) is 23.3 Å². The lowest BCUT2D eigenvalue weighted by Crippen LogP contribution is -2.62. The van der Waals surface area contributed by atoms with Crippen LogP contribution in [-0.4, -0.2) is 36.0 Å². The summed E-state index contributed by atoms with van der Waals surface area (Å²) in [5.74, 6) is 0.570. The van der Waals surface area contributed by atoms with Gasteiger partial charge in [0.2, 0.25) is 0 Å². The van der Waals surface area contributed by atoms with Gasteiger partial charge in [-0.2, -0.15) is 0 Å². The second-order valence-corrected chi connectivity index (χ2v) is 6.76. The third-order valence-corrected chi connectivity index (χ3v) is 5.44. The van der Waals surface area contributed by atoms with Gasteiger partial charge in [0.25, 0.3) is 5.91 Å². The Morgan fingerprint density at radius 2 is 1.96 bits per heavy atom. The number of nitrogens with one attached hydrogen (secondary N) is 1. The van der Waals surface area contributed by atoms with E-state index >= 15 is 0 Å². The van der Waals surface area contributed by atoms with Crippen molar-refractivity contribution in [2.24, 2.45) is 5.92 Å². The van der Waals surface area contributed by atoms with Crippen LogP contribution in [0.5, 0.6) is 0 Å². The van der Waals surface area contributed by atoms with Crippen LogP contribution in [0, 0.1) is 11.7 Å². The molecular formula is C19H21FN2O2. The van der Waals surface area contributed by atoms with Crippen LogP contribution in [0.4, 0.5) is 4.39 Å². The zero-order chi connectivity index (χ0) is 16.7. The fraction of sp³-hybridized carbons (Fsp3) is 0.421. The highest BCUT2D eigenvalue weighted by molar-refractivity contribution is 5.92. The molecule has 3 fully saturated rings. The number of halogens is 1. The SMILES string of the molecule is C[C@H]1[C@H](NC(=O)c2ccc(-c3ccccc3[18F])o2)C2CCN1CC2. The Morgan fingerprint density at radius 1 is 1.21 bits per heavy atom. The van der Waals surface area contributed by atoms with Crippen LogP contribution in [0.1, 0.15) is 30.3 Å². The number of furan rings is 1. The van der Waals surface area contributed by atoms with Gasteiger partial charge in [-0.25, -0.2) is 4.39 Å². The summed E-state index contributed by atoms with van der Waals surface area (Å²) in [6.45, 7) is 4.41. The van der Waals surface area contributed by atoms with Crippen LogP contribution < -0.4 is 5.32 Å². The van der Waals surface area contributed by atoms with E-state index in [9.17, 15) is 9.18 Å². The minimum Gasteiger partial charge on any atom is -0.451 e. The van der Waals surface area contributed by atoms with Crippen molar-refractivity contribution in [1.29, 1.82) is 0 Å². The lowest BCUT2D eigenvalue weighted by molar-refractivity contribution is 0.0211. The number of nitrogens with zero attached hydrogens (tertiary/aromatic N) is 1. The summed E-state index contributed by atoms with van der Waals surface area (Å²) in [7, 11) is 0. The quantitative estimate of drug-likeness (QED) is 0.941. The molecule has 4 heterocycles. The van der Waals surface area contributed by atoms with Crippen molar-refractivity contribution in [1.82, 2.24) is 10.2 Å². The van der Waals surface area contributed by atoms with Gasteiger partial charge in [0, 0.05) is 12.1 Å². The average Bonchev–Trinajstić information content (AvgIpc) is 3.09. The first-order valence-electron chi connectivity index (χ1n) is 8.53. The molecule has 4 nitrogen and oxygen atoms in total. The van der Waals surface area contributed by atoms with Gasteiger partial charge in [-0.1, -0.05) is 12.1 Å². The number of amides is 1. The molecule has 5 heteroatoms. The van der Waals surface area contributed by atoms with Gasteiger partial charge in [0.05, 0.1) is 5.56 Å². The smallest absolute Gasteiger partial charge is 0.287 e. The predicted octanol–water partition coefficient (Wildman–Crippen LogP) is 3.30. The largest absolute Gasteiger partial charge is 0.451 e. The van der Waals surface area contributed by atoms with Crippen LogP contribution >= 0.6 is 0 Å². The number of hydrogen-bond donors (Lipinski definition) is 1. The predicted molar refractivity (Wildman–Crippen MR) is 89.1 cm³/mol.